The minimum absolute atomic E-state index is 0.623. The molecule has 0 N–H and O–H groups in total. The van der Waals surface area contributed by atoms with Crippen LogP contribution in [0, 0.1) is 0 Å². The second kappa shape index (κ2) is 13.8. The van der Waals surface area contributed by atoms with Gasteiger partial charge in [-0.15, -0.1) is 0 Å². The summed E-state index contributed by atoms with van der Waals surface area (Å²) in [5, 5.41) is 7.43. The Kier molecular flexibility index (Phi) is 7.78. The fraction of sp³-hybridized carbons (Fsp3) is 0. The Morgan fingerprint density at radius 1 is 0.250 bits per heavy atom. The zero-order valence-electron chi connectivity index (χ0n) is 32.4. The first kappa shape index (κ1) is 33.9. The van der Waals surface area contributed by atoms with Gasteiger partial charge in [-0.2, -0.15) is 0 Å². The third-order valence-electron chi connectivity index (χ3n) is 11.8. The van der Waals surface area contributed by atoms with Crippen LogP contribution < -0.4 is 0 Å². The third-order valence-corrected chi connectivity index (χ3v) is 11.8. The highest BCUT2D eigenvalue weighted by Gasteiger charge is 2.24. The SMILES string of the molecule is c1ccc(-c2ccc(-c3nc(-c4ccccc4)nc(-c4ccc(-n5c6ccccc6c6c7ccccc7c7c8ccccc8n(-c8ccccc8)c7c65)cc4)n3)cc2)cc1. The molecule has 0 aliphatic heterocycles. The summed E-state index contributed by atoms with van der Waals surface area (Å²) in [4.78, 5) is 15.2. The Bertz CT molecular complexity index is 3550. The van der Waals surface area contributed by atoms with Crippen molar-refractivity contribution in [2.24, 2.45) is 0 Å². The van der Waals surface area contributed by atoms with E-state index in [0.29, 0.717) is 17.5 Å². The summed E-state index contributed by atoms with van der Waals surface area (Å²) in [6.07, 6.45) is 0. The molecule has 0 aliphatic carbocycles. The molecular weight excluding hydrogens is 731 g/mol. The molecular formula is C55H35N5. The molecule has 12 aromatic rings. The second-order valence-electron chi connectivity index (χ2n) is 15.2. The lowest BCUT2D eigenvalue weighted by atomic mass is 9.98. The Balaban J connectivity index is 1.08. The lowest BCUT2D eigenvalue weighted by Gasteiger charge is -2.14. The number of benzene rings is 9. The first-order chi connectivity index (χ1) is 29.8. The normalized spacial score (nSPS) is 11.7. The lowest BCUT2D eigenvalue weighted by Crippen LogP contribution is -2.01. The van der Waals surface area contributed by atoms with Gasteiger partial charge < -0.3 is 9.13 Å². The van der Waals surface area contributed by atoms with Gasteiger partial charge in [0.25, 0.3) is 0 Å². The van der Waals surface area contributed by atoms with Crippen LogP contribution in [0.3, 0.4) is 0 Å². The van der Waals surface area contributed by atoms with Crippen LogP contribution in [0.2, 0.25) is 0 Å². The largest absolute Gasteiger partial charge is 0.307 e. The molecule has 60 heavy (non-hydrogen) atoms. The van der Waals surface area contributed by atoms with E-state index in [-0.39, 0.29) is 0 Å². The molecule has 0 bridgehead atoms. The van der Waals surface area contributed by atoms with Gasteiger partial charge in [-0.1, -0.05) is 164 Å². The maximum Gasteiger partial charge on any atom is 0.164 e. The number of aromatic nitrogens is 5. The van der Waals surface area contributed by atoms with Crippen molar-refractivity contribution in [2.45, 2.75) is 0 Å². The molecule has 12 rings (SSSR count). The van der Waals surface area contributed by atoms with Gasteiger partial charge >= 0.3 is 0 Å². The predicted molar refractivity (Wildman–Crippen MR) is 248 cm³/mol. The predicted octanol–water partition coefficient (Wildman–Crippen LogP) is 13.9. The average molecular weight is 766 g/mol. The zero-order valence-corrected chi connectivity index (χ0v) is 32.4. The first-order valence-corrected chi connectivity index (χ1v) is 20.3. The van der Waals surface area contributed by atoms with Crippen LogP contribution >= 0.6 is 0 Å². The van der Waals surface area contributed by atoms with Crippen molar-refractivity contribution < 1.29 is 0 Å². The first-order valence-electron chi connectivity index (χ1n) is 20.3. The van der Waals surface area contributed by atoms with Gasteiger partial charge in [0.15, 0.2) is 17.5 Å². The number of hydrogen-bond donors (Lipinski definition) is 0. The topological polar surface area (TPSA) is 48.5 Å². The molecule has 0 fully saturated rings. The Morgan fingerprint density at radius 2 is 0.567 bits per heavy atom. The van der Waals surface area contributed by atoms with E-state index in [1.54, 1.807) is 0 Å². The molecule has 0 atom stereocenters. The minimum atomic E-state index is 0.623. The number of para-hydroxylation sites is 3. The van der Waals surface area contributed by atoms with Gasteiger partial charge in [0.05, 0.1) is 22.1 Å². The molecule has 5 nitrogen and oxygen atoms in total. The molecule has 0 saturated carbocycles. The molecule has 9 aromatic carbocycles. The molecule has 0 amide bonds. The Hall–Kier alpha value is -8.15. The van der Waals surface area contributed by atoms with E-state index in [0.717, 1.165) is 39.1 Å². The van der Waals surface area contributed by atoms with Crippen molar-refractivity contribution in [3.8, 4) is 56.7 Å². The van der Waals surface area contributed by atoms with Crippen molar-refractivity contribution in [3.05, 3.63) is 212 Å². The van der Waals surface area contributed by atoms with Crippen LogP contribution in [-0.4, -0.2) is 24.1 Å². The van der Waals surface area contributed by atoms with Gasteiger partial charge in [-0.25, -0.2) is 15.0 Å². The summed E-state index contributed by atoms with van der Waals surface area (Å²) < 4.78 is 4.90. The third kappa shape index (κ3) is 5.37. The van der Waals surface area contributed by atoms with Gasteiger partial charge in [-0.05, 0) is 70.4 Å². The van der Waals surface area contributed by atoms with Crippen molar-refractivity contribution in [3.63, 3.8) is 0 Å². The van der Waals surface area contributed by atoms with E-state index in [4.69, 9.17) is 15.0 Å². The molecule has 280 valence electrons. The van der Waals surface area contributed by atoms with Crippen LogP contribution in [0.5, 0.6) is 0 Å². The van der Waals surface area contributed by atoms with Crippen molar-refractivity contribution in [1.82, 2.24) is 24.1 Å². The molecule has 0 unspecified atom stereocenters. The quantitative estimate of drug-likeness (QED) is 0.169. The number of rotatable bonds is 6. The van der Waals surface area contributed by atoms with Gasteiger partial charge in [0.1, 0.15) is 0 Å². The van der Waals surface area contributed by atoms with Crippen LogP contribution in [0.25, 0.3) is 111 Å². The summed E-state index contributed by atoms with van der Waals surface area (Å²) in [6, 6.07) is 75.0. The van der Waals surface area contributed by atoms with Gasteiger partial charge in [0.2, 0.25) is 0 Å². The zero-order chi connectivity index (χ0) is 39.6. The highest BCUT2D eigenvalue weighted by molar-refractivity contribution is 6.36. The smallest absolute Gasteiger partial charge is 0.164 e. The Labute approximate surface area is 346 Å². The summed E-state index contributed by atoms with van der Waals surface area (Å²) in [5.74, 6) is 1.89. The average Bonchev–Trinajstić information content (AvgIpc) is 3.87. The van der Waals surface area contributed by atoms with Gasteiger partial charge in [-0.3, -0.25) is 0 Å². The summed E-state index contributed by atoms with van der Waals surface area (Å²) in [7, 11) is 0. The molecule has 3 heterocycles. The summed E-state index contributed by atoms with van der Waals surface area (Å²) in [5.41, 5.74) is 12.0. The van der Waals surface area contributed by atoms with E-state index >= 15 is 0 Å². The molecule has 0 aliphatic rings. The standard InChI is InChI=1S/C55H35N5/c1-4-16-36(17-5-1)37-28-30-39(31-29-37)54-56-53(38-18-6-2-7-19-38)57-55(58-54)40-32-34-42(35-33-40)60-48-27-15-13-25-46(48)50-44-23-11-10-22-43(44)49-45-24-12-14-26-47(45)59(51(49)52(50)60)41-20-8-3-9-21-41/h1-35H. The van der Waals surface area contributed by atoms with Crippen LogP contribution in [-0.2, 0) is 0 Å². The molecule has 3 aromatic heterocycles. The maximum atomic E-state index is 5.11. The number of hydrogen-bond acceptors (Lipinski definition) is 3. The van der Waals surface area contributed by atoms with E-state index in [1.165, 1.54) is 54.4 Å². The van der Waals surface area contributed by atoms with E-state index < -0.39 is 0 Å². The summed E-state index contributed by atoms with van der Waals surface area (Å²) >= 11 is 0. The fourth-order valence-corrected chi connectivity index (χ4v) is 9.06. The van der Waals surface area contributed by atoms with Gasteiger partial charge in [0, 0.05) is 49.6 Å². The monoisotopic (exact) mass is 765 g/mol. The van der Waals surface area contributed by atoms with Crippen LogP contribution in [0.15, 0.2) is 212 Å². The summed E-state index contributed by atoms with van der Waals surface area (Å²) in [6.45, 7) is 0. The second-order valence-corrected chi connectivity index (χ2v) is 15.2. The van der Waals surface area contributed by atoms with Crippen molar-refractivity contribution >= 4 is 54.4 Å². The van der Waals surface area contributed by atoms with Crippen LogP contribution in [0.4, 0.5) is 0 Å². The highest BCUT2D eigenvalue weighted by atomic mass is 15.1. The van der Waals surface area contributed by atoms with E-state index in [9.17, 15) is 0 Å². The fourth-order valence-electron chi connectivity index (χ4n) is 9.06. The van der Waals surface area contributed by atoms with Crippen molar-refractivity contribution in [1.29, 1.82) is 0 Å². The van der Waals surface area contributed by atoms with E-state index in [1.807, 2.05) is 36.4 Å². The minimum Gasteiger partial charge on any atom is -0.307 e. The Morgan fingerprint density at radius 3 is 1.05 bits per heavy atom. The molecule has 5 heteroatoms. The number of fused-ring (bicyclic) bond motifs is 10. The molecule has 0 spiro atoms. The van der Waals surface area contributed by atoms with Crippen molar-refractivity contribution in [2.75, 3.05) is 0 Å². The van der Waals surface area contributed by atoms with E-state index in [2.05, 4.69) is 185 Å². The van der Waals surface area contributed by atoms with Crippen LogP contribution in [0.1, 0.15) is 0 Å². The number of nitrogens with zero attached hydrogens (tertiary/aromatic N) is 5. The maximum absolute atomic E-state index is 5.11. The molecule has 0 radical (unpaired) electrons. The molecule has 0 saturated heterocycles. The highest BCUT2D eigenvalue weighted by Crippen LogP contribution is 2.46. The lowest BCUT2D eigenvalue weighted by molar-refractivity contribution is 1.07.